The van der Waals surface area contributed by atoms with Gasteiger partial charge in [-0.25, -0.2) is 0 Å². The van der Waals surface area contributed by atoms with Crippen molar-refractivity contribution in [3.63, 3.8) is 0 Å². The zero-order valence-electron chi connectivity index (χ0n) is 8.19. The second kappa shape index (κ2) is 6.74. The van der Waals surface area contributed by atoms with Gasteiger partial charge in [-0.2, -0.15) is 0 Å². The van der Waals surface area contributed by atoms with E-state index in [1.54, 1.807) is 4.90 Å². The van der Waals surface area contributed by atoms with Crippen molar-refractivity contribution in [2.24, 2.45) is 0 Å². The molecule has 0 aromatic heterocycles. The molecule has 0 spiro atoms. The second-order valence-corrected chi connectivity index (χ2v) is 3.16. The Kier molecular flexibility index (Phi) is 7.59. The van der Waals surface area contributed by atoms with Gasteiger partial charge in [0.1, 0.15) is 6.54 Å². The third kappa shape index (κ3) is 5.14. The lowest BCUT2D eigenvalue weighted by Crippen LogP contribution is -2.28. The summed E-state index contributed by atoms with van der Waals surface area (Å²) >= 11 is 0. The van der Waals surface area contributed by atoms with Crippen LogP contribution in [-0.4, -0.2) is 29.1 Å². The minimum atomic E-state index is -0.784. The number of hydrogen-bond acceptors (Lipinski definition) is 2. The summed E-state index contributed by atoms with van der Waals surface area (Å²) in [6.07, 6.45) is 3.94. The topological polar surface area (TPSA) is 40.5 Å². The molecular formula is C9H15Cl2NO2. The largest absolute Gasteiger partial charge is 0.480 e. The van der Waals surface area contributed by atoms with E-state index in [1.165, 1.54) is 5.57 Å². The maximum Gasteiger partial charge on any atom is 0.323 e. The Morgan fingerprint density at radius 1 is 1.50 bits per heavy atom. The van der Waals surface area contributed by atoms with Gasteiger partial charge in [0.2, 0.25) is 0 Å². The van der Waals surface area contributed by atoms with Crippen molar-refractivity contribution in [1.82, 2.24) is 4.90 Å². The van der Waals surface area contributed by atoms with E-state index in [0.29, 0.717) is 0 Å². The zero-order chi connectivity index (χ0) is 9.14. The summed E-state index contributed by atoms with van der Waals surface area (Å²) in [5, 5.41) is 8.55. The van der Waals surface area contributed by atoms with E-state index in [1.807, 2.05) is 20.0 Å². The van der Waals surface area contributed by atoms with Gasteiger partial charge in [-0.15, -0.1) is 24.8 Å². The first kappa shape index (κ1) is 15.8. The van der Waals surface area contributed by atoms with Crippen LogP contribution in [0.1, 0.15) is 13.8 Å². The number of nitrogens with zero attached hydrogens (tertiary/aromatic N) is 1. The lowest BCUT2D eigenvalue weighted by atomic mass is 10.1. The molecule has 1 aliphatic rings. The monoisotopic (exact) mass is 239 g/mol. The predicted molar refractivity (Wildman–Crippen MR) is 61.2 cm³/mol. The number of allylic oxidation sites excluding steroid dienone is 2. The molecule has 14 heavy (non-hydrogen) atoms. The smallest absolute Gasteiger partial charge is 0.323 e. The SMILES string of the molecule is CC1=CN(CC(=O)O)CC(C)=C1.Cl.Cl. The van der Waals surface area contributed by atoms with Crippen molar-refractivity contribution in [2.75, 3.05) is 13.1 Å². The standard InChI is InChI=1S/C9H13NO2.2ClH/c1-7-3-8(2)5-10(4-7)6-9(11)12;;/h3-4H,5-6H2,1-2H3,(H,11,12);2*1H. The normalized spacial score (nSPS) is 14.6. The Bertz CT molecular complexity index is 260. The van der Waals surface area contributed by atoms with Gasteiger partial charge in [-0.3, -0.25) is 4.79 Å². The number of carboxylic acids is 1. The van der Waals surface area contributed by atoms with Gasteiger partial charge < -0.3 is 10.0 Å². The maximum atomic E-state index is 10.4. The summed E-state index contributed by atoms with van der Waals surface area (Å²) in [4.78, 5) is 12.2. The molecule has 0 unspecified atom stereocenters. The average Bonchev–Trinajstić information content (AvgIpc) is 1.81. The number of rotatable bonds is 2. The third-order valence-corrected chi connectivity index (χ3v) is 1.65. The Labute approximate surface area is 96.3 Å². The van der Waals surface area contributed by atoms with Gasteiger partial charge in [-0.05, 0) is 19.4 Å². The molecule has 0 amide bonds. The minimum Gasteiger partial charge on any atom is -0.480 e. The number of halogens is 2. The van der Waals surface area contributed by atoms with E-state index in [9.17, 15) is 4.79 Å². The Balaban J connectivity index is 0. The first-order valence-electron chi connectivity index (χ1n) is 3.89. The summed E-state index contributed by atoms with van der Waals surface area (Å²) < 4.78 is 0. The van der Waals surface area contributed by atoms with Crippen molar-refractivity contribution in [1.29, 1.82) is 0 Å². The van der Waals surface area contributed by atoms with Crippen LogP contribution in [0.4, 0.5) is 0 Å². The molecular weight excluding hydrogens is 225 g/mol. The summed E-state index contributed by atoms with van der Waals surface area (Å²) in [6.45, 7) is 4.79. The molecule has 0 atom stereocenters. The number of aliphatic carboxylic acids is 1. The molecule has 1 heterocycles. The lowest BCUT2D eigenvalue weighted by molar-refractivity contribution is -0.137. The molecule has 0 aromatic rings. The predicted octanol–water partition coefficient (Wildman–Crippen LogP) is 2.08. The van der Waals surface area contributed by atoms with Crippen LogP contribution < -0.4 is 0 Å². The molecule has 1 N–H and O–H groups in total. The Morgan fingerprint density at radius 2 is 2.07 bits per heavy atom. The van der Waals surface area contributed by atoms with Gasteiger partial charge in [0.15, 0.2) is 0 Å². The van der Waals surface area contributed by atoms with Gasteiger partial charge in [-0.1, -0.05) is 11.6 Å². The Hall–Kier alpha value is -0.670. The summed E-state index contributed by atoms with van der Waals surface area (Å²) in [5.74, 6) is -0.784. The van der Waals surface area contributed by atoms with Gasteiger partial charge in [0, 0.05) is 12.7 Å². The molecule has 0 radical (unpaired) electrons. The Morgan fingerprint density at radius 3 is 2.50 bits per heavy atom. The number of carboxylic acid groups (broad SMARTS) is 1. The molecule has 0 fully saturated rings. The van der Waals surface area contributed by atoms with E-state index < -0.39 is 5.97 Å². The van der Waals surface area contributed by atoms with Gasteiger partial charge in [0.25, 0.3) is 0 Å². The highest BCUT2D eigenvalue weighted by Gasteiger charge is 2.09. The van der Waals surface area contributed by atoms with Crippen LogP contribution >= 0.6 is 24.8 Å². The van der Waals surface area contributed by atoms with Crippen molar-refractivity contribution in [3.05, 3.63) is 23.4 Å². The number of hydrogen-bond donors (Lipinski definition) is 1. The fraction of sp³-hybridized carbons (Fsp3) is 0.444. The third-order valence-electron chi connectivity index (χ3n) is 1.65. The number of carbonyl (C=O) groups is 1. The zero-order valence-corrected chi connectivity index (χ0v) is 9.82. The molecule has 1 rings (SSSR count). The summed E-state index contributed by atoms with van der Waals surface area (Å²) in [6, 6.07) is 0. The maximum absolute atomic E-state index is 10.4. The molecule has 0 saturated carbocycles. The van der Waals surface area contributed by atoms with E-state index in [-0.39, 0.29) is 31.4 Å². The van der Waals surface area contributed by atoms with E-state index in [0.717, 1.165) is 12.1 Å². The highest BCUT2D eigenvalue weighted by Crippen LogP contribution is 2.11. The van der Waals surface area contributed by atoms with Crippen molar-refractivity contribution < 1.29 is 9.90 Å². The van der Waals surface area contributed by atoms with E-state index in [2.05, 4.69) is 6.08 Å². The van der Waals surface area contributed by atoms with Crippen molar-refractivity contribution >= 4 is 30.8 Å². The van der Waals surface area contributed by atoms with Crippen LogP contribution in [0.5, 0.6) is 0 Å². The van der Waals surface area contributed by atoms with Gasteiger partial charge in [0.05, 0.1) is 0 Å². The van der Waals surface area contributed by atoms with Crippen LogP contribution in [0.2, 0.25) is 0 Å². The van der Waals surface area contributed by atoms with Gasteiger partial charge >= 0.3 is 5.97 Å². The first-order valence-corrected chi connectivity index (χ1v) is 3.89. The fourth-order valence-electron chi connectivity index (χ4n) is 1.40. The average molecular weight is 240 g/mol. The van der Waals surface area contributed by atoms with E-state index in [4.69, 9.17) is 5.11 Å². The molecule has 82 valence electrons. The van der Waals surface area contributed by atoms with Crippen LogP contribution in [0.15, 0.2) is 23.4 Å². The van der Waals surface area contributed by atoms with Crippen LogP contribution in [0.3, 0.4) is 0 Å². The molecule has 3 nitrogen and oxygen atoms in total. The van der Waals surface area contributed by atoms with Crippen molar-refractivity contribution in [2.45, 2.75) is 13.8 Å². The van der Waals surface area contributed by atoms with Crippen LogP contribution in [0, 0.1) is 0 Å². The molecule has 0 aromatic carbocycles. The van der Waals surface area contributed by atoms with Crippen molar-refractivity contribution in [3.8, 4) is 0 Å². The quantitative estimate of drug-likeness (QED) is 0.803. The molecule has 1 aliphatic heterocycles. The first-order chi connectivity index (χ1) is 5.58. The fourth-order valence-corrected chi connectivity index (χ4v) is 1.40. The highest BCUT2D eigenvalue weighted by molar-refractivity contribution is 5.85. The summed E-state index contributed by atoms with van der Waals surface area (Å²) in [5.41, 5.74) is 2.32. The van der Waals surface area contributed by atoms with Crippen LogP contribution in [0.25, 0.3) is 0 Å². The highest BCUT2D eigenvalue weighted by atomic mass is 35.5. The lowest BCUT2D eigenvalue weighted by Gasteiger charge is -2.22. The van der Waals surface area contributed by atoms with Crippen LogP contribution in [-0.2, 0) is 4.79 Å². The molecule has 0 saturated heterocycles. The molecule has 0 aliphatic carbocycles. The second-order valence-electron chi connectivity index (χ2n) is 3.16. The molecule has 0 bridgehead atoms. The van der Waals surface area contributed by atoms with E-state index >= 15 is 0 Å². The summed E-state index contributed by atoms with van der Waals surface area (Å²) in [7, 11) is 0. The minimum absolute atomic E-state index is 0. The molecule has 5 heteroatoms.